The Morgan fingerprint density at radius 3 is 2.81 bits per heavy atom. The summed E-state index contributed by atoms with van der Waals surface area (Å²) in [6.07, 6.45) is 3.04. The van der Waals surface area contributed by atoms with Gasteiger partial charge in [-0.05, 0) is 24.5 Å². The Kier molecular flexibility index (Phi) is 2.78. The Balaban J connectivity index is 2.66. The molecule has 3 nitrogen and oxygen atoms in total. The molecule has 0 bridgehead atoms. The first kappa shape index (κ1) is 10.9. The number of hydrogen-bond acceptors (Lipinski definition) is 3. The molecule has 5 heteroatoms. The van der Waals surface area contributed by atoms with E-state index in [9.17, 15) is 9.18 Å². The highest BCUT2D eigenvalue weighted by molar-refractivity contribution is 7.98. The molecule has 2 rings (SSSR count). The number of carboxylic acids is 1. The van der Waals surface area contributed by atoms with E-state index in [2.05, 4.69) is 4.98 Å². The molecule has 0 spiro atoms. The minimum atomic E-state index is -1.07. The van der Waals surface area contributed by atoms with Crippen LogP contribution >= 0.6 is 11.8 Å². The Morgan fingerprint density at radius 2 is 2.19 bits per heavy atom. The molecule has 0 aliphatic heterocycles. The minimum absolute atomic E-state index is 0.0591. The third-order valence-electron chi connectivity index (χ3n) is 2.20. The fourth-order valence-corrected chi connectivity index (χ4v) is 1.89. The van der Waals surface area contributed by atoms with Gasteiger partial charge in [0.25, 0.3) is 0 Å². The summed E-state index contributed by atoms with van der Waals surface area (Å²) in [4.78, 5) is 15.2. The number of halogens is 1. The Hall–Kier alpha value is -1.62. The van der Waals surface area contributed by atoms with E-state index in [1.54, 1.807) is 12.3 Å². The van der Waals surface area contributed by atoms with E-state index in [1.165, 1.54) is 30.1 Å². The van der Waals surface area contributed by atoms with Gasteiger partial charge in [0.2, 0.25) is 0 Å². The van der Waals surface area contributed by atoms with E-state index < -0.39 is 5.97 Å². The van der Waals surface area contributed by atoms with Crippen LogP contribution in [-0.4, -0.2) is 22.3 Å². The summed E-state index contributed by atoms with van der Waals surface area (Å²) in [5.41, 5.74) is 0.652. The monoisotopic (exact) mass is 237 g/mol. The summed E-state index contributed by atoms with van der Waals surface area (Å²) < 4.78 is 13.5. The van der Waals surface area contributed by atoms with Gasteiger partial charge in [-0.2, -0.15) is 0 Å². The molecule has 1 heterocycles. The van der Waals surface area contributed by atoms with Crippen LogP contribution in [0.2, 0.25) is 0 Å². The maximum absolute atomic E-state index is 13.5. The molecular weight excluding hydrogens is 229 g/mol. The summed E-state index contributed by atoms with van der Waals surface area (Å²) in [5.74, 6) is -1.42. The normalized spacial score (nSPS) is 10.6. The van der Waals surface area contributed by atoms with Crippen LogP contribution in [0, 0.1) is 5.82 Å². The second-order valence-electron chi connectivity index (χ2n) is 3.21. The van der Waals surface area contributed by atoms with Crippen molar-refractivity contribution in [3.8, 4) is 0 Å². The van der Waals surface area contributed by atoms with Crippen LogP contribution < -0.4 is 0 Å². The maximum atomic E-state index is 13.5. The second-order valence-corrected chi connectivity index (χ2v) is 4.06. The lowest BCUT2D eigenvalue weighted by molar-refractivity contribution is 0.0696. The molecule has 82 valence electrons. The van der Waals surface area contributed by atoms with Gasteiger partial charge in [0.05, 0.1) is 11.1 Å². The number of pyridine rings is 1. The summed E-state index contributed by atoms with van der Waals surface area (Å²) >= 11 is 1.29. The molecule has 0 amide bonds. The number of thioether (sulfide) groups is 1. The van der Waals surface area contributed by atoms with Crippen LogP contribution in [0.4, 0.5) is 4.39 Å². The van der Waals surface area contributed by atoms with Crippen LogP contribution in [0.5, 0.6) is 0 Å². The van der Waals surface area contributed by atoms with Crippen LogP contribution in [0.15, 0.2) is 29.3 Å². The number of carboxylic acid groups (broad SMARTS) is 1. The molecule has 16 heavy (non-hydrogen) atoms. The van der Waals surface area contributed by atoms with Crippen molar-refractivity contribution in [1.82, 2.24) is 4.98 Å². The molecule has 0 fully saturated rings. The van der Waals surface area contributed by atoms with Gasteiger partial charge in [-0.15, -0.1) is 11.8 Å². The van der Waals surface area contributed by atoms with E-state index in [4.69, 9.17) is 5.11 Å². The molecule has 0 saturated heterocycles. The lowest BCUT2D eigenvalue weighted by Crippen LogP contribution is -1.97. The summed E-state index contributed by atoms with van der Waals surface area (Å²) in [7, 11) is 0. The zero-order valence-electron chi connectivity index (χ0n) is 8.40. The van der Waals surface area contributed by atoms with Gasteiger partial charge in [-0.1, -0.05) is 0 Å². The summed E-state index contributed by atoms with van der Waals surface area (Å²) in [5, 5.41) is 9.27. The second kappa shape index (κ2) is 4.09. The number of aromatic carboxylic acids is 1. The van der Waals surface area contributed by atoms with Crippen molar-refractivity contribution in [2.75, 3.05) is 6.26 Å². The van der Waals surface area contributed by atoms with Gasteiger partial charge in [-0.3, -0.25) is 4.98 Å². The van der Waals surface area contributed by atoms with Gasteiger partial charge in [0.15, 0.2) is 0 Å². The number of carbonyl (C=O) groups is 1. The lowest BCUT2D eigenvalue weighted by atomic mass is 10.1. The SMILES string of the molecule is CSc1cc2ncc(C(=O)O)cc2cc1F. The third kappa shape index (κ3) is 1.86. The average molecular weight is 237 g/mol. The number of hydrogen-bond donors (Lipinski definition) is 1. The first-order chi connectivity index (χ1) is 7.61. The van der Waals surface area contributed by atoms with Crippen molar-refractivity contribution < 1.29 is 14.3 Å². The van der Waals surface area contributed by atoms with Crippen molar-refractivity contribution >= 4 is 28.6 Å². The predicted molar refractivity (Wildman–Crippen MR) is 60.4 cm³/mol. The van der Waals surface area contributed by atoms with Gasteiger partial charge in [-0.25, -0.2) is 9.18 Å². The molecule has 0 radical (unpaired) electrons. The number of fused-ring (bicyclic) bond motifs is 1. The molecule has 0 aliphatic rings. The number of nitrogens with zero attached hydrogens (tertiary/aromatic N) is 1. The van der Waals surface area contributed by atoms with Crippen LogP contribution in [-0.2, 0) is 0 Å². The Morgan fingerprint density at radius 1 is 1.44 bits per heavy atom. The predicted octanol–water partition coefficient (Wildman–Crippen LogP) is 2.79. The Bertz CT molecular complexity index is 571. The average Bonchev–Trinajstić information content (AvgIpc) is 2.27. The highest BCUT2D eigenvalue weighted by Gasteiger charge is 2.08. The van der Waals surface area contributed by atoms with Gasteiger partial charge in [0, 0.05) is 16.5 Å². The molecule has 0 unspecified atom stereocenters. The van der Waals surface area contributed by atoms with Gasteiger partial charge in [0.1, 0.15) is 5.82 Å². The largest absolute Gasteiger partial charge is 0.478 e. The molecular formula is C11H8FNO2S. The van der Waals surface area contributed by atoms with Crippen molar-refractivity contribution in [1.29, 1.82) is 0 Å². The number of rotatable bonds is 2. The fraction of sp³-hybridized carbons (Fsp3) is 0.0909. The maximum Gasteiger partial charge on any atom is 0.337 e. The molecule has 0 atom stereocenters. The molecule has 0 saturated carbocycles. The highest BCUT2D eigenvalue weighted by Crippen LogP contribution is 2.24. The summed E-state index contributed by atoms with van der Waals surface area (Å²) in [6.45, 7) is 0. The van der Waals surface area contributed by atoms with Crippen LogP contribution in [0.25, 0.3) is 10.9 Å². The van der Waals surface area contributed by atoms with E-state index in [0.717, 1.165) is 0 Å². The quantitative estimate of drug-likeness (QED) is 0.816. The fourth-order valence-electron chi connectivity index (χ4n) is 1.40. The van der Waals surface area contributed by atoms with Crippen LogP contribution in [0.1, 0.15) is 10.4 Å². The molecule has 2 aromatic rings. The minimum Gasteiger partial charge on any atom is -0.478 e. The summed E-state index contributed by atoms with van der Waals surface area (Å²) in [6, 6.07) is 4.33. The van der Waals surface area contributed by atoms with Crippen molar-refractivity contribution in [3.05, 3.63) is 35.8 Å². The van der Waals surface area contributed by atoms with Gasteiger partial charge >= 0.3 is 5.97 Å². The standard InChI is InChI=1S/C11H8FNO2S/c1-16-10-4-9-6(3-8(10)12)2-7(5-13-9)11(14)15/h2-5H,1H3,(H,14,15). The smallest absolute Gasteiger partial charge is 0.337 e. The van der Waals surface area contributed by atoms with E-state index in [1.807, 2.05) is 0 Å². The third-order valence-corrected chi connectivity index (χ3v) is 2.95. The lowest BCUT2D eigenvalue weighted by Gasteiger charge is -2.03. The first-order valence-electron chi connectivity index (χ1n) is 4.48. The van der Waals surface area contributed by atoms with Crippen LogP contribution in [0.3, 0.4) is 0 Å². The molecule has 1 N–H and O–H groups in total. The molecule has 0 aliphatic carbocycles. The topological polar surface area (TPSA) is 50.2 Å². The Labute approximate surface area is 95.3 Å². The molecule has 1 aromatic heterocycles. The number of aromatic nitrogens is 1. The van der Waals surface area contributed by atoms with E-state index in [-0.39, 0.29) is 11.4 Å². The highest BCUT2D eigenvalue weighted by atomic mass is 32.2. The van der Waals surface area contributed by atoms with Crippen molar-refractivity contribution in [2.45, 2.75) is 4.90 Å². The van der Waals surface area contributed by atoms with Gasteiger partial charge < -0.3 is 5.11 Å². The number of benzene rings is 1. The molecule has 1 aromatic carbocycles. The van der Waals surface area contributed by atoms with Crippen molar-refractivity contribution in [2.24, 2.45) is 0 Å². The van der Waals surface area contributed by atoms with Crippen molar-refractivity contribution in [3.63, 3.8) is 0 Å². The zero-order valence-corrected chi connectivity index (χ0v) is 9.21. The van der Waals surface area contributed by atoms with E-state index in [0.29, 0.717) is 15.8 Å². The zero-order chi connectivity index (χ0) is 11.7. The first-order valence-corrected chi connectivity index (χ1v) is 5.71. The van der Waals surface area contributed by atoms with E-state index >= 15 is 0 Å².